The van der Waals surface area contributed by atoms with Crippen molar-refractivity contribution in [1.82, 2.24) is 24.1 Å². The molecule has 0 bridgehead atoms. The summed E-state index contributed by atoms with van der Waals surface area (Å²) < 4.78 is 41.5. The number of carbonyl (C=O) groups is 1. The Hall–Kier alpha value is -2.56. The molecule has 0 aromatic carbocycles. The number of halogens is 3. The first-order valence-corrected chi connectivity index (χ1v) is 8.44. The summed E-state index contributed by atoms with van der Waals surface area (Å²) in [7, 11) is 3.14. The quantitative estimate of drug-likeness (QED) is 0.638. The van der Waals surface area contributed by atoms with Crippen molar-refractivity contribution in [3.05, 3.63) is 23.8 Å². The summed E-state index contributed by atoms with van der Waals surface area (Å²) in [5, 5.41) is 11.8. The van der Waals surface area contributed by atoms with Gasteiger partial charge in [-0.25, -0.2) is 15.0 Å². The van der Waals surface area contributed by atoms with Gasteiger partial charge in [0.2, 0.25) is 0 Å². The average Bonchev–Trinajstić information content (AvgIpc) is 3.05. The van der Waals surface area contributed by atoms with Crippen LogP contribution in [-0.4, -0.2) is 35.8 Å². The normalized spacial score (nSPS) is 12.1. The van der Waals surface area contributed by atoms with Crippen LogP contribution in [0.1, 0.15) is 23.2 Å². The first-order valence-electron chi connectivity index (χ1n) is 7.46. The molecule has 0 unspecified atom stereocenters. The van der Waals surface area contributed by atoms with Crippen LogP contribution in [0, 0.1) is 0 Å². The van der Waals surface area contributed by atoms with Gasteiger partial charge in [0.15, 0.2) is 11.6 Å². The number of aromatic carboxylic acids is 1. The van der Waals surface area contributed by atoms with Gasteiger partial charge in [0.05, 0.1) is 17.2 Å². The maximum Gasteiger partial charge on any atom is 0.433 e. The zero-order valence-corrected chi connectivity index (χ0v) is 14.8. The zero-order chi connectivity index (χ0) is 19.2. The third-order valence-electron chi connectivity index (χ3n) is 3.78. The molecule has 0 spiro atoms. The van der Waals surface area contributed by atoms with Crippen molar-refractivity contribution in [3.63, 3.8) is 0 Å². The first-order chi connectivity index (χ1) is 12.1. The molecule has 0 aliphatic carbocycles. The monoisotopic (exact) mass is 384 g/mol. The van der Waals surface area contributed by atoms with Crippen LogP contribution in [0.5, 0.6) is 0 Å². The van der Waals surface area contributed by atoms with E-state index in [9.17, 15) is 23.1 Å². The Morgan fingerprint density at radius 2 is 1.96 bits per heavy atom. The Labute approximate surface area is 149 Å². The van der Waals surface area contributed by atoms with E-state index in [4.69, 9.17) is 0 Å². The first kappa shape index (κ1) is 18.2. The Balaban J connectivity index is 2.24. The molecule has 0 amide bonds. The van der Waals surface area contributed by atoms with E-state index in [1.54, 1.807) is 7.05 Å². The summed E-state index contributed by atoms with van der Waals surface area (Å²) in [6.45, 7) is 1.88. The fourth-order valence-electron chi connectivity index (χ4n) is 2.57. The number of aromatic nitrogens is 5. The molecule has 0 atom stereocenters. The number of hydrogen-bond donors (Lipinski definition) is 0. The minimum Gasteiger partial charge on any atom is -0.542 e. The van der Waals surface area contributed by atoms with Crippen LogP contribution in [0.3, 0.4) is 0 Å². The molecule has 0 radical (unpaired) electrons. The summed E-state index contributed by atoms with van der Waals surface area (Å²) in [4.78, 5) is 23.0. The van der Waals surface area contributed by atoms with Gasteiger partial charge in [0.1, 0.15) is 22.4 Å². The minimum absolute atomic E-state index is 0.0953. The predicted octanol–water partition coefficient (Wildman–Crippen LogP) is 1.86. The van der Waals surface area contributed by atoms with Crippen LogP contribution < -0.4 is 5.11 Å². The number of thioether (sulfide) groups is 1. The van der Waals surface area contributed by atoms with Gasteiger partial charge in [-0.1, -0.05) is 6.92 Å². The number of aryl methyl sites for hydroxylation is 1. The fourth-order valence-corrected chi connectivity index (χ4v) is 3.40. The van der Waals surface area contributed by atoms with Gasteiger partial charge in [-0.2, -0.15) is 13.2 Å². The van der Waals surface area contributed by atoms with E-state index in [2.05, 4.69) is 15.0 Å². The van der Waals surface area contributed by atoms with Crippen LogP contribution in [0.15, 0.2) is 17.3 Å². The smallest absolute Gasteiger partial charge is 0.433 e. The lowest BCUT2D eigenvalue weighted by Gasteiger charge is -2.06. The second-order valence-corrected chi connectivity index (χ2v) is 6.67. The van der Waals surface area contributed by atoms with Crippen molar-refractivity contribution >= 4 is 28.8 Å². The fraction of sp³-hybridized carbons (Fsp3) is 0.333. The zero-order valence-electron chi connectivity index (χ0n) is 14.0. The molecule has 0 saturated carbocycles. The van der Waals surface area contributed by atoms with E-state index in [-0.39, 0.29) is 22.9 Å². The predicted molar refractivity (Wildman–Crippen MR) is 86.4 cm³/mol. The molecule has 0 aliphatic heterocycles. The summed E-state index contributed by atoms with van der Waals surface area (Å²) in [6, 6.07) is 0.855. The molecule has 11 heteroatoms. The second-order valence-electron chi connectivity index (χ2n) is 5.42. The van der Waals surface area contributed by atoms with Gasteiger partial charge in [-0.3, -0.25) is 0 Å². The molecule has 7 nitrogen and oxygen atoms in total. The van der Waals surface area contributed by atoms with Crippen molar-refractivity contribution < 1.29 is 23.1 Å². The Bertz CT molecular complexity index is 1010. The molecule has 26 heavy (non-hydrogen) atoms. The number of carboxylic acid groups (broad SMARTS) is 1. The third-order valence-corrected chi connectivity index (χ3v) is 4.81. The highest BCUT2D eigenvalue weighted by Crippen LogP contribution is 2.34. The van der Waals surface area contributed by atoms with E-state index in [0.29, 0.717) is 16.3 Å². The molecule has 3 aromatic rings. The number of pyridine rings is 1. The summed E-state index contributed by atoms with van der Waals surface area (Å²) in [6.07, 6.45) is -3.49. The van der Waals surface area contributed by atoms with Gasteiger partial charge >= 0.3 is 6.18 Å². The van der Waals surface area contributed by atoms with Crippen LogP contribution in [-0.2, 0) is 20.3 Å². The molecule has 0 fully saturated rings. The number of carbonyl (C=O) groups excluding carboxylic acids is 1. The van der Waals surface area contributed by atoms with Gasteiger partial charge < -0.3 is 19.0 Å². The summed E-state index contributed by atoms with van der Waals surface area (Å²) in [5.74, 6) is -0.836. The van der Waals surface area contributed by atoms with E-state index >= 15 is 0 Å². The third kappa shape index (κ3) is 2.91. The lowest BCUT2D eigenvalue weighted by atomic mass is 10.3. The molecular formula is C15H13F3N5O2S-. The molecule has 138 valence electrons. The Morgan fingerprint density at radius 3 is 2.54 bits per heavy atom. The number of imidazole rings is 2. The van der Waals surface area contributed by atoms with Crippen molar-refractivity contribution in [2.75, 3.05) is 5.75 Å². The lowest BCUT2D eigenvalue weighted by Crippen LogP contribution is -2.26. The lowest BCUT2D eigenvalue weighted by molar-refractivity contribution is -0.256. The standard InChI is InChI=1S/C15H14F3N5O2S/c1-4-26-13-10(21-12(14(24)25)23(13)3)11-20-7-5-9(15(16,17)18)19-6-8(7)22(11)2/h5-6H,4H2,1-3H3,(H,24,25)/p-1. The molecule has 0 aliphatic rings. The van der Waals surface area contributed by atoms with Gasteiger partial charge in [0, 0.05) is 14.1 Å². The van der Waals surface area contributed by atoms with Crippen LogP contribution in [0.25, 0.3) is 22.6 Å². The van der Waals surface area contributed by atoms with Gasteiger partial charge in [-0.15, -0.1) is 11.8 Å². The average molecular weight is 384 g/mol. The van der Waals surface area contributed by atoms with E-state index in [1.807, 2.05) is 6.92 Å². The number of fused-ring (bicyclic) bond motifs is 1. The SMILES string of the molecule is CCSc1c(-c2nc3cc(C(F)(F)F)ncc3n2C)nc(C(=O)[O-])n1C. The van der Waals surface area contributed by atoms with Crippen LogP contribution >= 0.6 is 11.8 Å². The maximum atomic E-state index is 12.9. The van der Waals surface area contributed by atoms with Crippen LogP contribution in [0.2, 0.25) is 0 Å². The molecule has 0 saturated heterocycles. The largest absolute Gasteiger partial charge is 0.542 e. The summed E-state index contributed by atoms with van der Waals surface area (Å²) >= 11 is 1.35. The van der Waals surface area contributed by atoms with E-state index in [0.717, 1.165) is 12.3 Å². The maximum absolute atomic E-state index is 12.9. The Morgan fingerprint density at radius 1 is 1.27 bits per heavy atom. The van der Waals surface area contributed by atoms with Gasteiger partial charge in [0.25, 0.3) is 0 Å². The van der Waals surface area contributed by atoms with E-state index < -0.39 is 17.8 Å². The molecule has 3 heterocycles. The molecule has 3 rings (SSSR count). The highest BCUT2D eigenvalue weighted by molar-refractivity contribution is 7.99. The van der Waals surface area contributed by atoms with Crippen molar-refractivity contribution in [2.45, 2.75) is 18.1 Å². The van der Waals surface area contributed by atoms with Crippen LogP contribution in [0.4, 0.5) is 13.2 Å². The second kappa shape index (κ2) is 6.31. The number of hydrogen-bond acceptors (Lipinski definition) is 6. The minimum atomic E-state index is -4.58. The number of alkyl halides is 3. The topological polar surface area (TPSA) is 88.7 Å². The molecule has 0 N–H and O–H groups in total. The summed E-state index contributed by atoms with van der Waals surface area (Å²) in [5.41, 5.74) is -0.306. The molecule has 3 aromatic heterocycles. The van der Waals surface area contributed by atoms with Gasteiger partial charge in [-0.05, 0) is 11.8 Å². The number of rotatable bonds is 4. The number of nitrogens with zero attached hydrogens (tertiary/aromatic N) is 5. The highest BCUT2D eigenvalue weighted by atomic mass is 32.2. The molecular weight excluding hydrogens is 371 g/mol. The van der Waals surface area contributed by atoms with Crippen molar-refractivity contribution in [3.8, 4) is 11.5 Å². The van der Waals surface area contributed by atoms with E-state index in [1.165, 1.54) is 27.9 Å². The highest BCUT2D eigenvalue weighted by Gasteiger charge is 2.33. The Kier molecular flexibility index (Phi) is 4.42. The van der Waals surface area contributed by atoms with Crippen molar-refractivity contribution in [1.29, 1.82) is 0 Å². The number of carboxylic acids is 1. The van der Waals surface area contributed by atoms with Crippen molar-refractivity contribution in [2.24, 2.45) is 14.1 Å².